The fourth-order valence-electron chi connectivity index (χ4n) is 3.35. The molecule has 1 atom stereocenters. The van der Waals surface area contributed by atoms with E-state index in [-0.39, 0.29) is 18.3 Å². The van der Waals surface area contributed by atoms with E-state index >= 15 is 0 Å². The van der Waals surface area contributed by atoms with Gasteiger partial charge in [-0.15, -0.1) is 0 Å². The lowest BCUT2D eigenvalue weighted by atomic mass is 10.2. The Morgan fingerprint density at radius 3 is 2.68 bits per heavy atom. The van der Waals surface area contributed by atoms with Gasteiger partial charge in [-0.3, -0.25) is 9.13 Å². The Balaban J connectivity index is 1.89. The lowest BCUT2D eigenvalue weighted by Crippen LogP contribution is -2.31. The molecule has 4 rings (SSSR count). The number of nitrogens with zero attached hydrogens (tertiary/aromatic N) is 4. The normalized spacial score (nSPS) is 17.3. The van der Waals surface area contributed by atoms with E-state index < -0.39 is 6.09 Å². The van der Waals surface area contributed by atoms with Crippen LogP contribution in [0.2, 0.25) is 5.02 Å². The lowest BCUT2D eigenvalue weighted by Gasteiger charge is -2.13. The Morgan fingerprint density at radius 2 is 2.00 bits per heavy atom. The second-order valence-electron chi connectivity index (χ2n) is 5.98. The maximum Gasteiger partial charge on any atom is 0.407 e. The van der Waals surface area contributed by atoms with E-state index in [1.807, 2.05) is 6.07 Å². The van der Waals surface area contributed by atoms with Crippen LogP contribution in [0.4, 0.5) is 4.79 Å². The number of benzene rings is 1. The molecule has 0 saturated carbocycles. The minimum absolute atomic E-state index is 0.227. The molecule has 0 spiro atoms. The minimum Gasteiger partial charge on any atom is -0.465 e. The maximum atomic E-state index is 13.1. The van der Waals surface area contributed by atoms with Crippen LogP contribution in [-0.2, 0) is 0 Å². The first-order chi connectivity index (χ1) is 12.1. The van der Waals surface area contributed by atoms with Gasteiger partial charge in [0.2, 0.25) is 0 Å². The van der Waals surface area contributed by atoms with Crippen molar-refractivity contribution in [2.75, 3.05) is 13.1 Å². The van der Waals surface area contributed by atoms with Gasteiger partial charge in [0.05, 0.1) is 17.2 Å². The molecule has 128 valence electrons. The van der Waals surface area contributed by atoms with Crippen molar-refractivity contribution >= 4 is 28.9 Å². The molecule has 0 bridgehead atoms. The summed E-state index contributed by atoms with van der Waals surface area (Å²) in [4.78, 5) is 30.0. The van der Waals surface area contributed by atoms with E-state index in [0.29, 0.717) is 34.8 Å². The van der Waals surface area contributed by atoms with Crippen LogP contribution in [-0.4, -0.2) is 43.3 Å². The molecule has 25 heavy (non-hydrogen) atoms. The highest BCUT2D eigenvalue weighted by molar-refractivity contribution is 6.30. The molecule has 2 aromatic heterocycles. The van der Waals surface area contributed by atoms with Crippen LogP contribution in [0.25, 0.3) is 16.9 Å². The van der Waals surface area contributed by atoms with Crippen molar-refractivity contribution in [1.82, 2.24) is 19.0 Å². The van der Waals surface area contributed by atoms with Crippen molar-refractivity contribution in [3.63, 3.8) is 0 Å². The first-order valence-corrected chi connectivity index (χ1v) is 8.26. The van der Waals surface area contributed by atoms with Gasteiger partial charge in [-0.1, -0.05) is 11.6 Å². The van der Waals surface area contributed by atoms with Gasteiger partial charge in [0.25, 0.3) is 0 Å². The maximum absolute atomic E-state index is 13.1. The molecule has 1 fully saturated rings. The summed E-state index contributed by atoms with van der Waals surface area (Å²) in [5.74, 6) is 0. The summed E-state index contributed by atoms with van der Waals surface area (Å²) in [5.41, 5.74) is 1.70. The largest absolute Gasteiger partial charge is 0.465 e. The van der Waals surface area contributed by atoms with E-state index in [1.54, 1.807) is 45.7 Å². The summed E-state index contributed by atoms with van der Waals surface area (Å²) >= 11 is 5.95. The molecule has 7 nitrogen and oxygen atoms in total. The first-order valence-electron chi connectivity index (χ1n) is 7.88. The smallest absolute Gasteiger partial charge is 0.407 e. The Morgan fingerprint density at radius 1 is 1.24 bits per heavy atom. The van der Waals surface area contributed by atoms with Crippen LogP contribution in [0.5, 0.6) is 0 Å². The van der Waals surface area contributed by atoms with Gasteiger partial charge in [-0.25, -0.2) is 14.6 Å². The third kappa shape index (κ3) is 2.56. The highest BCUT2D eigenvalue weighted by Gasteiger charge is 2.30. The Bertz CT molecular complexity index is 1010. The number of aromatic nitrogens is 3. The predicted molar refractivity (Wildman–Crippen MR) is 93.6 cm³/mol. The van der Waals surface area contributed by atoms with E-state index in [4.69, 9.17) is 11.6 Å². The van der Waals surface area contributed by atoms with Crippen molar-refractivity contribution in [3.8, 4) is 5.69 Å². The van der Waals surface area contributed by atoms with Crippen LogP contribution in [0, 0.1) is 0 Å². The topological polar surface area (TPSA) is 80.4 Å². The highest BCUT2D eigenvalue weighted by atomic mass is 35.5. The van der Waals surface area contributed by atoms with Crippen LogP contribution < -0.4 is 5.69 Å². The molecule has 3 aromatic rings. The number of hydrogen-bond donors (Lipinski definition) is 1. The molecule has 1 amide bonds. The van der Waals surface area contributed by atoms with Crippen molar-refractivity contribution in [2.24, 2.45) is 0 Å². The zero-order chi connectivity index (χ0) is 17.6. The van der Waals surface area contributed by atoms with E-state index in [9.17, 15) is 14.7 Å². The highest BCUT2D eigenvalue weighted by Crippen LogP contribution is 2.25. The molecule has 1 saturated heterocycles. The van der Waals surface area contributed by atoms with Gasteiger partial charge in [-0.05, 0) is 42.8 Å². The number of halogens is 1. The quantitative estimate of drug-likeness (QED) is 0.763. The SMILES string of the molecule is O=C(O)N1CC[C@H](n2c(=O)n(-c3ccc(Cl)cc3)c3cccnc32)C1. The van der Waals surface area contributed by atoms with Crippen LogP contribution in [0.15, 0.2) is 47.4 Å². The fourth-order valence-corrected chi connectivity index (χ4v) is 3.47. The number of hydrogen-bond acceptors (Lipinski definition) is 3. The number of imidazole rings is 1. The summed E-state index contributed by atoms with van der Waals surface area (Å²) in [5, 5.41) is 9.76. The third-order valence-corrected chi connectivity index (χ3v) is 4.77. The number of amides is 1. The van der Waals surface area contributed by atoms with Crippen LogP contribution in [0.3, 0.4) is 0 Å². The van der Waals surface area contributed by atoms with Gasteiger partial charge in [-0.2, -0.15) is 0 Å². The zero-order valence-corrected chi connectivity index (χ0v) is 13.9. The molecular weight excluding hydrogens is 344 g/mol. The van der Waals surface area contributed by atoms with Crippen molar-refractivity contribution in [2.45, 2.75) is 12.5 Å². The molecule has 1 aromatic carbocycles. The molecule has 0 unspecified atom stereocenters. The van der Waals surface area contributed by atoms with Crippen molar-refractivity contribution in [1.29, 1.82) is 0 Å². The summed E-state index contributed by atoms with van der Waals surface area (Å²) in [7, 11) is 0. The Hall–Kier alpha value is -2.80. The minimum atomic E-state index is -0.968. The van der Waals surface area contributed by atoms with Crippen molar-refractivity contribution in [3.05, 3.63) is 58.1 Å². The second kappa shape index (κ2) is 5.93. The molecule has 0 radical (unpaired) electrons. The number of pyridine rings is 1. The fraction of sp³-hybridized carbons (Fsp3) is 0.235. The molecule has 8 heteroatoms. The van der Waals surface area contributed by atoms with Gasteiger partial charge in [0, 0.05) is 24.3 Å². The number of carboxylic acid groups (broad SMARTS) is 1. The average Bonchev–Trinajstić information content (AvgIpc) is 3.18. The van der Waals surface area contributed by atoms with Gasteiger partial charge >= 0.3 is 11.8 Å². The molecule has 1 N–H and O–H groups in total. The molecule has 1 aliphatic heterocycles. The predicted octanol–water partition coefficient (Wildman–Crippen LogP) is 2.77. The average molecular weight is 359 g/mol. The number of likely N-dealkylation sites (tertiary alicyclic amines) is 1. The lowest BCUT2D eigenvalue weighted by molar-refractivity contribution is 0.154. The molecule has 3 heterocycles. The zero-order valence-electron chi connectivity index (χ0n) is 13.2. The van der Waals surface area contributed by atoms with Gasteiger partial charge in [0.1, 0.15) is 0 Å². The number of carbonyl (C=O) groups is 1. The third-order valence-electron chi connectivity index (χ3n) is 4.52. The van der Waals surface area contributed by atoms with E-state index in [2.05, 4.69) is 4.98 Å². The van der Waals surface area contributed by atoms with Gasteiger partial charge in [0.15, 0.2) is 5.65 Å². The van der Waals surface area contributed by atoms with E-state index in [1.165, 1.54) is 4.90 Å². The van der Waals surface area contributed by atoms with Crippen LogP contribution >= 0.6 is 11.6 Å². The van der Waals surface area contributed by atoms with Crippen LogP contribution in [0.1, 0.15) is 12.5 Å². The monoisotopic (exact) mass is 358 g/mol. The number of rotatable bonds is 2. The summed E-state index contributed by atoms with van der Waals surface area (Å²) < 4.78 is 3.19. The second-order valence-corrected chi connectivity index (χ2v) is 6.42. The van der Waals surface area contributed by atoms with E-state index in [0.717, 1.165) is 0 Å². The van der Waals surface area contributed by atoms with Gasteiger partial charge < -0.3 is 10.0 Å². The summed E-state index contributed by atoms with van der Waals surface area (Å²) in [6.07, 6.45) is 1.25. The molecular formula is C17H15ClN4O3. The molecule has 0 aliphatic carbocycles. The summed E-state index contributed by atoms with van der Waals surface area (Å²) in [6.45, 7) is 0.693. The Kier molecular flexibility index (Phi) is 3.73. The first kappa shape index (κ1) is 15.7. The number of fused-ring (bicyclic) bond motifs is 1. The summed E-state index contributed by atoms with van der Waals surface area (Å²) in [6, 6.07) is 10.4. The Labute approximate surface area is 147 Å². The standard InChI is InChI=1S/C17H15ClN4O3/c18-11-3-5-12(6-4-11)21-14-2-1-8-19-15(14)22(16(21)23)13-7-9-20(10-13)17(24)25/h1-6,8,13H,7,9-10H2,(H,24,25)/t13-/m0/s1. The van der Waals surface area contributed by atoms with Crippen molar-refractivity contribution < 1.29 is 9.90 Å². The molecule has 1 aliphatic rings.